The molecular weight excluding hydrogens is 414 g/mol. The van der Waals surface area contributed by atoms with Crippen LogP contribution in [0.1, 0.15) is 55.0 Å². The summed E-state index contributed by atoms with van der Waals surface area (Å²) in [6.45, 7) is 3.70. The van der Waals surface area contributed by atoms with Crippen molar-refractivity contribution in [2.45, 2.75) is 64.1 Å². The van der Waals surface area contributed by atoms with Crippen LogP contribution in [0, 0.1) is 11.6 Å². The highest BCUT2D eigenvalue weighted by molar-refractivity contribution is 5.73. The van der Waals surface area contributed by atoms with Crippen LogP contribution in [-0.2, 0) is 24.1 Å². The average Bonchev–Trinajstić information content (AvgIpc) is 2.76. The molecule has 0 aromatic heterocycles. The average molecular weight is 447 g/mol. The zero-order chi connectivity index (χ0) is 23.3. The third-order valence-electron chi connectivity index (χ3n) is 6.09. The second-order valence-corrected chi connectivity index (χ2v) is 8.40. The van der Waals surface area contributed by atoms with Crippen LogP contribution in [0.15, 0.2) is 30.3 Å². The molecule has 1 aliphatic carbocycles. The number of methoxy groups -OCH3 is 1. The van der Waals surface area contributed by atoms with Gasteiger partial charge in [-0.25, -0.2) is 8.78 Å². The van der Waals surface area contributed by atoms with Gasteiger partial charge in [0.2, 0.25) is 5.91 Å². The van der Waals surface area contributed by atoms with Crippen LogP contribution in [0.25, 0.3) is 0 Å². The molecule has 5 nitrogen and oxygen atoms in total. The molecule has 3 atom stereocenters. The number of aliphatic hydroxyl groups is 1. The molecule has 174 valence electrons. The van der Waals surface area contributed by atoms with Crippen molar-refractivity contribution < 1.29 is 23.4 Å². The van der Waals surface area contributed by atoms with Crippen LogP contribution in [0.2, 0.25) is 0 Å². The van der Waals surface area contributed by atoms with Gasteiger partial charge in [-0.05, 0) is 54.9 Å². The summed E-state index contributed by atoms with van der Waals surface area (Å²) in [6, 6.07) is 7.86. The first kappa shape index (κ1) is 24.1. The summed E-state index contributed by atoms with van der Waals surface area (Å²) in [6.07, 6.45) is 3.08. The maximum atomic E-state index is 14.1. The lowest BCUT2D eigenvalue weighted by Crippen LogP contribution is -2.48. The fourth-order valence-electron chi connectivity index (χ4n) is 4.46. The Morgan fingerprint density at radius 2 is 2.06 bits per heavy atom. The van der Waals surface area contributed by atoms with E-state index in [1.54, 1.807) is 0 Å². The first-order chi connectivity index (χ1) is 15.3. The molecule has 0 spiro atoms. The Hall–Kier alpha value is -2.51. The quantitative estimate of drug-likeness (QED) is 0.550. The Kier molecular flexibility index (Phi) is 8.21. The smallest absolute Gasteiger partial charge is 0.217 e. The molecule has 0 fully saturated rings. The second-order valence-electron chi connectivity index (χ2n) is 8.40. The zero-order valence-corrected chi connectivity index (χ0v) is 18.9. The molecule has 3 unspecified atom stereocenters. The normalized spacial score (nSPS) is 17.4. The zero-order valence-electron chi connectivity index (χ0n) is 18.9. The van der Waals surface area contributed by atoms with Crippen LogP contribution < -0.4 is 15.4 Å². The predicted octanol–water partition coefficient (Wildman–Crippen LogP) is 3.61. The van der Waals surface area contributed by atoms with Gasteiger partial charge in [-0.2, -0.15) is 0 Å². The number of hydrogen-bond acceptors (Lipinski definition) is 4. The van der Waals surface area contributed by atoms with Crippen molar-refractivity contribution in [3.8, 4) is 5.75 Å². The summed E-state index contributed by atoms with van der Waals surface area (Å²) in [4.78, 5) is 11.8. The molecular formula is C25H32F2N2O3. The number of benzene rings is 2. The van der Waals surface area contributed by atoms with Crippen molar-refractivity contribution >= 4 is 5.91 Å². The molecule has 32 heavy (non-hydrogen) atoms. The molecule has 0 aliphatic heterocycles. The number of ether oxygens (including phenoxy) is 1. The van der Waals surface area contributed by atoms with E-state index in [2.05, 4.69) is 35.8 Å². The minimum absolute atomic E-state index is 0.0293. The molecule has 1 aliphatic rings. The highest BCUT2D eigenvalue weighted by Crippen LogP contribution is 2.31. The first-order valence-corrected chi connectivity index (χ1v) is 11.1. The molecule has 0 radical (unpaired) electrons. The lowest BCUT2D eigenvalue weighted by atomic mass is 9.86. The van der Waals surface area contributed by atoms with Gasteiger partial charge >= 0.3 is 0 Å². The van der Waals surface area contributed by atoms with E-state index in [-0.39, 0.29) is 36.2 Å². The van der Waals surface area contributed by atoms with Gasteiger partial charge < -0.3 is 20.5 Å². The number of aliphatic hydroxyl groups excluding tert-OH is 1. The summed E-state index contributed by atoms with van der Waals surface area (Å²) in [5.41, 5.74) is 4.10. The van der Waals surface area contributed by atoms with Gasteiger partial charge in [0.25, 0.3) is 0 Å². The van der Waals surface area contributed by atoms with Crippen molar-refractivity contribution in [3.05, 3.63) is 64.2 Å². The van der Waals surface area contributed by atoms with E-state index in [0.717, 1.165) is 31.7 Å². The molecule has 0 saturated carbocycles. The number of carbonyl (C=O) groups excluding carboxylic acids is 1. The van der Waals surface area contributed by atoms with Crippen molar-refractivity contribution in [2.75, 3.05) is 13.7 Å². The largest absolute Gasteiger partial charge is 0.493 e. The Balaban J connectivity index is 1.74. The third kappa shape index (κ3) is 5.84. The highest BCUT2D eigenvalue weighted by Gasteiger charge is 2.26. The number of halogens is 2. The van der Waals surface area contributed by atoms with E-state index in [0.29, 0.717) is 0 Å². The van der Waals surface area contributed by atoms with Crippen LogP contribution in [0.5, 0.6) is 5.75 Å². The Morgan fingerprint density at radius 1 is 1.28 bits per heavy atom. The van der Waals surface area contributed by atoms with Crippen LogP contribution in [0.4, 0.5) is 8.78 Å². The van der Waals surface area contributed by atoms with Gasteiger partial charge in [-0.1, -0.05) is 25.1 Å². The van der Waals surface area contributed by atoms with E-state index < -0.39 is 23.8 Å². The number of fused-ring (bicyclic) bond motifs is 1. The number of carbonyl (C=O) groups is 1. The fourth-order valence-corrected chi connectivity index (χ4v) is 4.46. The van der Waals surface area contributed by atoms with Crippen LogP contribution in [-0.4, -0.2) is 36.8 Å². The first-order valence-electron chi connectivity index (χ1n) is 11.1. The minimum Gasteiger partial charge on any atom is -0.493 e. The number of aryl methyl sites for hydroxylation is 2. The Bertz CT molecular complexity index is 951. The summed E-state index contributed by atoms with van der Waals surface area (Å²) < 4.78 is 33.0. The molecule has 3 rings (SSSR count). The number of amides is 1. The fraction of sp³-hybridized carbons (Fsp3) is 0.480. The van der Waals surface area contributed by atoms with E-state index in [1.807, 2.05) is 0 Å². The molecule has 0 heterocycles. The van der Waals surface area contributed by atoms with Gasteiger partial charge in [-0.15, -0.1) is 0 Å². The van der Waals surface area contributed by atoms with E-state index in [4.69, 9.17) is 4.74 Å². The topological polar surface area (TPSA) is 70.6 Å². The standard InChI is InChI=1S/C25H32F2N2O3/c1-4-16-8-9-17-6-5-7-22(20(17)10-16)28-14-24(31)23(29-15(2)30)12-18-11-19(26)13-21(27)25(18)32-3/h8-11,13,22-24,28,31H,4-7,12,14H2,1-3H3,(H,29,30). The van der Waals surface area contributed by atoms with Gasteiger partial charge in [0.1, 0.15) is 5.82 Å². The number of nitrogens with one attached hydrogen (secondary N) is 2. The van der Waals surface area contributed by atoms with Gasteiger partial charge in [0, 0.05) is 31.1 Å². The highest BCUT2D eigenvalue weighted by atomic mass is 19.1. The van der Waals surface area contributed by atoms with Crippen molar-refractivity contribution in [2.24, 2.45) is 0 Å². The summed E-state index contributed by atoms with van der Waals surface area (Å²) in [5, 5.41) is 17.0. The molecule has 1 amide bonds. The number of rotatable bonds is 9. The summed E-state index contributed by atoms with van der Waals surface area (Å²) in [5.74, 6) is -1.98. The molecule has 0 bridgehead atoms. The molecule has 7 heteroatoms. The summed E-state index contributed by atoms with van der Waals surface area (Å²) in [7, 11) is 1.30. The lowest BCUT2D eigenvalue weighted by Gasteiger charge is -2.30. The second kappa shape index (κ2) is 10.9. The van der Waals surface area contributed by atoms with E-state index in [9.17, 15) is 18.7 Å². The monoisotopic (exact) mass is 446 g/mol. The molecule has 2 aromatic rings. The molecule has 2 aromatic carbocycles. The molecule has 3 N–H and O–H groups in total. The van der Waals surface area contributed by atoms with E-state index in [1.165, 1.54) is 36.8 Å². The SMILES string of the molecule is CCc1ccc2c(c1)C(NCC(O)C(Cc1cc(F)cc(F)c1OC)NC(C)=O)CCC2. The Labute approximate surface area is 188 Å². The van der Waals surface area contributed by atoms with Crippen molar-refractivity contribution in [1.82, 2.24) is 10.6 Å². The van der Waals surface area contributed by atoms with E-state index >= 15 is 0 Å². The maximum absolute atomic E-state index is 14.1. The predicted molar refractivity (Wildman–Crippen MR) is 120 cm³/mol. The maximum Gasteiger partial charge on any atom is 0.217 e. The molecule has 0 saturated heterocycles. The minimum atomic E-state index is -0.963. The lowest BCUT2D eigenvalue weighted by molar-refractivity contribution is -0.120. The number of hydrogen-bond donors (Lipinski definition) is 3. The summed E-state index contributed by atoms with van der Waals surface area (Å²) >= 11 is 0. The van der Waals surface area contributed by atoms with Gasteiger partial charge in [-0.3, -0.25) is 4.79 Å². The third-order valence-corrected chi connectivity index (χ3v) is 6.09. The Morgan fingerprint density at radius 3 is 2.75 bits per heavy atom. The van der Waals surface area contributed by atoms with Crippen molar-refractivity contribution in [1.29, 1.82) is 0 Å². The van der Waals surface area contributed by atoms with Crippen LogP contribution >= 0.6 is 0 Å². The van der Waals surface area contributed by atoms with Gasteiger partial charge in [0.15, 0.2) is 11.6 Å². The van der Waals surface area contributed by atoms with Crippen LogP contribution in [0.3, 0.4) is 0 Å². The van der Waals surface area contributed by atoms with Gasteiger partial charge in [0.05, 0.1) is 19.3 Å². The van der Waals surface area contributed by atoms with Crippen molar-refractivity contribution in [3.63, 3.8) is 0 Å².